The molecule has 0 atom stereocenters. The quantitative estimate of drug-likeness (QED) is 0.169. The average molecular weight is 541 g/mol. The lowest BCUT2D eigenvalue weighted by Crippen LogP contribution is -2.11. The molecule has 0 aliphatic carbocycles. The molecule has 1 amide bonds. The number of amides is 1. The van der Waals surface area contributed by atoms with Gasteiger partial charge in [0, 0.05) is 42.4 Å². The first kappa shape index (κ1) is 33.5. The molecule has 4 aromatic carbocycles. The number of aryl methyl sites for hydroxylation is 1. The van der Waals surface area contributed by atoms with Crippen molar-refractivity contribution in [2.24, 2.45) is 0 Å². The molecule has 0 aliphatic heterocycles. The zero-order valence-corrected chi connectivity index (χ0v) is 24.8. The molecule has 6 nitrogen and oxygen atoms in total. The molecule has 4 aromatic rings. The van der Waals surface area contributed by atoms with Crippen molar-refractivity contribution in [2.45, 2.75) is 34.6 Å². The lowest BCUT2D eigenvalue weighted by Gasteiger charge is -2.10. The van der Waals surface area contributed by atoms with Gasteiger partial charge in [-0.1, -0.05) is 88.9 Å². The van der Waals surface area contributed by atoms with Crippen molar-refractivity contribution >= 4 is 28.7 Å². The number of rotatable bonds is 8. The van der Waals surface area contributed by atoms with Crippen LogP contribution in [0.25, 0.3) is 5.70 Å². The number of carbonyl (C=O) groups excluding carboxylic acids is 1. The van der Waals surface area contributed by atoms with Crippen LogP contribution in [0.4, 0.5) is 17.1 Å². The monoisotopic (exact) mass is 540 g/mol. The predicted octanol–water partition coefficient (Wildman–Crippen LogP) is 8.43. The van der Waals surface area contributed by atoms with Gasteiger partial charge in [-0.2, -0.15) is 5.48 Å². The second kappa shape index (κ2) is 19.5. The van der Waals surface area contributed by atoms with Crippen LogP contribution in [-0.2, 0) is 0 Å². The normalized spacial score (nSPS) is 9.18. The zero-order chi connectivity index (χ0) is 29.8. The van der Waals surface area contributed by atoms with Crippen molar-refractivity contribution in [2.75, 3.05) is 24.7 Å². The van der Waals surface area contributed by atoms with E-state index < -0.39 is 0 Å². The van der Waals surface area contributed by atoms with E-state index in [1.54, 1.807) is 13.1 Å². The number of hydrogen-bond acceptors (Lipinski definition) is 5. The standard InChI is InChI=1S/C22H21N3O.C8H11NO.2C2H6/c1-16(23-2)17-11-13-20(14-12-17)24-21-10-6-7-18(15-21)22(26)25-19-8-4-3-5-9-19;1-7-5-3-4-6-8(7)10-9-2;2*1-2/h3-15,23-24H,1H2,2H3,(H,25,26);3-6,9H,1-2H3;2*1-2H3. The van der Waals surface area contributed by atoms with Gasteiger partial charge in [0.15, 0.2) is 0 Å². The molecular weight excluding hydrogens is 496 g/mol. The van der Waals surface area contributed by atoms with E-state index in [0.29, 0.717) is 5.56 Å². The van der Waals surface area contributed by atoms with Crippen LogP contribution in [0.15, 0.2) is 110 Å². The number of hydroxylamine groups is 1. The summed E-state index contributed by atoms with van der Waals surface area (Å²) in [4.78, 5) is 17.5. The first-order valence-corrected chi connectivity index (χ1v) is 13.6. The second-order valence-corrected chi connectivity index (χ2v) is 7.90. The predicted molar refractivity (Wildman–Crippen MR) is 172 cm³/mol. The lowest BCUT2D eigenvalue weighted by atomic mass is 10.1. The summed E-state index contributed by atoms with van der Waals surface area (Å²) >= 11 is 0. The summed E-state index contributed by atoms with van der Waals surface area (Å²) in [5.74, 6) is 0.741. The zero-order valence-electron chi connectivity index (χ0n) is 24.8. The maximum absolute atomic E-state index is 12.4. The van der Waals surface area contributed by atoms with Crippen LogP contribution in [0.5, 0.6) is 5.75 Å². The number of nitrogens with one attached hydrogen (secondary N) is 4. The molecular formula is C34H44N4O2. The molecule has 0 aromatic heterocycles. The molecule has 0 saturated heterocycles. The van der Waals surface area contributed by atoms with Crippen LogP contribution in [0.1, 0.15) is 49.2 Å². The van der Waals surface area contributed by atoms with Gasteiger partial charge < -0.3 is 20.8 Å². The van der Waals surface area contributed by atoms with Crippen molar-refractivity contribution < 1.29 is 9.63 Å². The first-order chi connectivity index (χ1) is 19.5. The highest BCUT2D eigenvalue weighted by Crippen LogP contribution is 2.20. The number of carbonyl (C=O) groups is 1. The van der Waals surface area contributed by atoms with Crippen molar-refractivity contribution in [3.8, 4) is 5.75 Å². The highest BCUT2D eigenvalue weighted by molar-refractivity contribution is 6.04. The Bertz CT molecular complexity index is 1270. The van der Waals surface area contributed by atoms with E-state index in [9.17, 15) is 4.79 Å². The van der Waals surface area contributed by atoms with Crippen molar-refractivity contribution in [1.29, 1.82) is 0 Å². The van der Waals surface area contributed by atoms with E-state index in [1.165, 1.54) is 0 Å². The summed E-state index contributed by atoms with van der Waals surface area (Å²) in [5.41, 5.74) is 8.83. The third-order valence-corrected chi connectivity index (χ3v) is 5.29. The Morgan fingerprint density at radius 2 is 1.27 bits per heavy atom. The molecule has 4 N–H and O–H groups in total. The van der Waals surface area contributed by atoms with Crippen LogP contribution in [0.3, 0.4) is 0 Å². The largest absolute Gasteiger partial charge is 0.409 e. The van der Waals surface area contributed by atoms with Crippen molar-refractivity contribution in [1.82, 2.24) is 10.8 Å². The van der Waals surface area contributed by atoms with Gasteiger partial charge in [0.25, 0.3) is 5.91 Å². The summed E-state index contributed by atoms with van der Waals surface area (Å²) in [7, 11) is 3.59. The summed E-state index contributed by atoms with van der Waals surface area (Å²) < 4.78 is 0. The molecule has 40 heavy (non-hydrogen) atoms. The molecule has 6 heteroatoms. The van der Waals surface area contributed by atoms with Crippen LogP contribution >= 0.6 is 0 Å². The fourth-order valence-electron chi connectivity index (χ4n) is 3.31. The minimum Gasteiger partial charge on any atom is -0.409 e. The summed E-state index contributed by atoms with van der Waals surface area (Å²) in [6, 6.07) is 32.6. The van der Waals surface area contributed by atoms with Crippen LogP contribution in [0, 0.1) is 6.92 Å². The minimum atomic E-state index is -0.138. The van der Waals surface area contributed by atoms with Gasteiger partial charge in [-0.25, -0.2) is 0 Å². The molecule has 0 saturated carbocycles. The topological polar surface area (TPSA) is 74.4 Å². The molecule has 0 spiro atoms. The van der Waals surface area contributed by atoms with Gasteiger partial charge in [0.1, 0.15) is 5.75 Å². The Hall–Kier alpha value is -4.55. The third-order valence-electron chi connectivity index (χ3n) is 5.29. The summed E-state index contributed by atoms with van der Waals surface area (Å²) in [6.07, 6.45) is 0. The molecule has 0 fully saturated rings. The van der Waals surface area contributed by atoms with E-state index in [2.05, 4.69) is 28.0 Å². The van der Waals surface area contributed by atoms with Gasteiger partial charge in [-0.05, 0) is 66.6 Å². The van der Waals surface area contributed by atoms with E-state index >= 15 is 0 Å². The number of para-hydroxylation sites is 2. The molecule has 0 radical (unpaired) electrons. The smallest absolute Gasteiger partial charge is 0.255 e. The van der Waals surface area contributed by atoms with Gasteiger partial charge >= 0.3 is 0 Å². The molecule has 0 bridgehead atoms. The van der Waals surface area contributed by atoms with E-state index in [4.69, 9.17) is 4.84 Å². The maximum atomic E-state index is 12.4. The number of anilines is 3. The minimum absolute atomic E-state index is 0.138. The van der Waals surface area contributed by atoms with Gasteiger partial charge in [0.05, 0.1) is 0 Å². The third kappa shape index (κ3) is 11.5. The second-order valence-electron chi connectivity index (χ2n) is 7.90. The highest BCUT2D eigenvalue weighted by Gasteiger charge is 2.07. The van der Waals surface area contributed by atoms with E-state index in [0.717, 1.165) is 39.6 Å². The van der Waals surface area contributed by atoms with Crippen molar-refractivity contribution in [3.05, 3.63) is 126 Å². The Balaban J connectivity index is 0.000000477. The maximum Gasteiger partial charge on any atom is 0.255 e. The fraction of sp³-hybridized carbons (Fsp3) is 0.206. The van der Waals surface area contributed by atoms with E-state index in [1.807, 2.05) is 139 Å². The van der Waals surface area contributed by atoms with Gasteiger partial charge in [0.2, 0.25) is 0 Å². The Labute approximate surface area is 240 Å². The van der Waals surface area contributed by atoms with Gasteiger partial charge in [-0.15, -0.1) is 0 Å². The summed E-state index contributed by atoms with van der Waals surface area (Å²) in [5, 5.41) is 9.24. The van der Waals surface area contributed by atoms with Crippen LogP contribution < -0.4 is 26.3 Å². The van der Waals surface area contributed by atoms with Crippen LogP contribution in [-0.4, -0.2) is 20.0 Å². The highest BCUT2D eigenvalue weighted by atomic mass is 16.6. The fourth-order valence-corrected chi connectivity index (χ4v) is 3.31. The Morgan fingerprint density at radius 1 is 0.675 bits per heavy atom. The number of benzene rings is 4. The lowest BCUT2D eigenvalue weighted by molar-refractivity contribution is 0.102. The Morgan fingerprint density at radius 3 is 1.88 bits per heavy atom. The molecule has 0 unspecified atom stereocenters. The van der Waals surface area contributed by atoms with Crippen LogP contribution in [0.2, 0.25) is 0 Å². The summed E-state index contributed by atoms with van der Waals surface area (Å²) in [6.45, 7) is 14.0. The molecule has 4 rings (SSSR count). The molecule has 212 valence electrons. The average Bonchev–Trinajstić information content (AvgIpc) is 3.01. The first-order valence-electron chi connectivity index (χ1n) is 13.6. The van der Waals surface area contributed by atoms with Crippen molar-refractivity contribution in [3.63, 3.8) is 0 Å². The number of hydrogen-bond donors (Lipinski definition) is 4. The molecule has 0 heterocycles. The van der Waals surface area contributed by atoms with Gasteiger partial charge in [-0.3, -0.25) is 4.79 Å². The SMILES string of the molecule is C=C(NC)c1ccc(Nc2cccc(C(=O)Nc3ccccc3)c2)cc1.CC.CC.CNOc1ccccc1C. The molecule has 0 aliphatic rings. The van der Waals surface area contributed by atoms with E-state index in [-0.39, 0.29) is 5.91 Å². The Kier molecular flexibility index (Phi) is 16.3.